The molecule has 5 rings (SSSR count). The van der Waals surface area contributed by atoms with Crippen molar-refractivity contribution >= 4 is 16.4 Å². The number of fused-ring (bicyclic) bond motifs is 3. The van der Waals surface area contributed by atoms with Crippen LogP contribution < -0.4 is 10.1 Å². The molecule has 0 fully saturated rings. The van der Waals surface area contributed by atoms with Gasteiger partial charge in [-0.15, -0.1) is 15.3 Å². The maximum atomic E-state index is 13.0. The van der Waals surface area contributed by atoms with Gasteiger partial charge in [-0.3, -0.25) is 4.98 Å². The molecule has 0 atom stereocenters. The second-order valence-corrected chi connectivity index (χ2v) is 7.80. The van der Waals surface area contributed by atoms with Gasteiger partial charge in [0.1, 0.15) is 12.4 Å². The highest BCUT2D eigenvalue weighted by atomic mass is 19.1. The van der Waals surface area contributed by atoms with Gasteiger partial charge in [0.25, 0.3) is 0 Å². The van der Waals surface area contributed by atoms with E-state index in [0.29, 0.717) is 30.5 Å². The van der Waals surface area contributed by atoms with E-state index in [1.165, 1.54) is 12.1 Å². The fourth-order valence-corrected chi connectivity index (χ4v) is 3.71. The third kappa shape index (κ3) is 4.65. The summed E-state index contributed by atoms with van der Waals surface area (Å²) in [5, 5.41) is 18.2. The fourth-order valence-electron chi connectivity index (χ4n) is 3.71. The summed E-state index contributed by atoms with van der Waals surface area (Å²) in [6, 6.07) is 20.4. The zero-order chi connectivity index (χ0) is 22.6. The Morgan fingerprint density at radius 1 is 0.909 bits per heavy atom. The van der Waals surface area contributed by atoms with E-state index in [-0.39, 0.29) is 5.82 Å². The van der Waals surface area contributed by atoms with Gasteiger partial charge in [0.2, 0.25) is 5.88 Å². The molecule has 0 bridgehead atoms. The van der Waals surface area contributed by atoms with Crippen molar-refractivity contribution in [2.75, 3.05) is 6.54 Å². The highest BCUT2D eigenvalue weighted by molar-refractivity contribution is 5.96. The van der Waals surface area contributed by atoms with E-state index in [2.05, 4.69) is 20.6 Å². The standard InChI is InChI=1S/C25H23FN6O/c1-17-29-30-24-22-7-2-3-8-23(22)25(31-32(17)24)33-16-21-6-4-5-20(28-21)15-27-14-13-18-9-11-19(26)12-10-18/h2-12,27H,13-16H2,1H3. The lowest BCUT2D eigenvalue weighted by molar-refractivity contribution is 0.288. The summed E-state index contributed by atoms with van der Waals surface area (Å²) in [7, 11) is 0. The van der Waals surface area contributed by atoms with Crippen LogP contribution in [0.2, 0.25) is 0 Å². The van der Waals surface area contributed by atoms with E-state index in [1.54, 1.807) is 4.52 Å². The third-order valence-corrected chi connectivity index (χ3v) is 5.42. The lowest BCUT2D eigenvalue weighted by atomic mass is 10.1. The van der Waals surface area contributed by atoms with Gasteiger partial charge in [-0.2, -0.15) is 4.52 Å². The quantitative estimate of drug-likeness (QED) is 0.366. The van der Waals surface area contributed by atoms with Gasteiger partial charge in [-0.1, -0.05) is 36.4 Å². The van der Waals surface area contributed by atoms with E-state index in [1.807, 2.05) is 61.5 Å². The zero-order valence-corrected chi connectivity index (χ0v) is 18.2. The van der Waals surface area contributed by atoms with Crippen molar-refractivity contribution in [2.45, 2.75) is 26.5 Å². The molecule has 2 aromatic carbocycles. The average molecular weight is 442 g/mol. The average Bonchev–Trinajstić information content (AvgIpc) is 3.22. The molecular weight excluding hydrogens is 419 g/mol. The summed E-state index contributed by atoms with van der Waals surface area (Å²) in [6.07, 6.45) is 0.826. The van der Waals surface area contributed by atoms with Crippen LogP contribution in [0.5, 0.6) is 5.88 Å². The predicted molar refractivity (Wildman–Crippen MR) is 123 cm³/mol. The maximum absolute atomic E-state index is 13.0. The first-order chi connectivity index (χ1) is 16.2. The van der Waals surface area contributed by atoms with Crippen LogP contribution in [0.25, 0.3) is 16.4 Å². The Morgan fingerprint density at radius 3 is 2.55 bits per heavy atom. The number of pyridine rings is 1. The summed E-state index contributed by atoms with van der Waals surface area (Å²) in [5.74, 6) is 1.01. The van der Waals surface area contributed by atoms with Crippen molar-refractivity contribution in [3.8, 4) is 5.88 Å². The molecule has 7 nitrogen and oxygen atoms in total. The van der Waals surface area contributed by atoms with Crippen LogP contribution in [0, 0.1) is 12.7 Å². The van der Waals surface area contributed by atoms with Gasteiger partial charge in [-0.25, -0.2) is 4.39 Å². The molecule has 166 valence electrons. The van der Waals surface area contributed by atoms with Gasteiger partial charge >= 0.3 is 0 Å². The number of rotatable bonds is 8. The Balaban J connectivity index is 1.24. The molecule has 33 heavy (non-hydrogen) atoms. The number of nitrogens with one attached hydrogen (secondary N) is 1. The Kier molecular flexibility index (Phi) is 5.91. The molecule has 3 heterocycles. The van der Waals surface area contributed by atoms with Gasteiger partial charge in [0, 0.05) is 17.3 Å². The number of hydrogen-bond acceptors (Lipinski definition) is 6. The molecule has 8 heteroatoms. The summed E-state index contributed by atoms with van der Waals surface area (Å²) in [6.45, 7) is 3.58. The number of ether oxygens (including phenoxy) is 1. The van der Waals surface area contributed by atoms with Crippen molar-refractivity contribution in [1.82, 2.24) is 30.1 Å². The van der Waals surface area contributed by atoms with Crippen LogP contribution in [0.3, 0.4) is 0 Å². The third-order valence-electron chi connectivity index (χ3n) is 5.42. The summed E-state index contributed by atoms with van der Waals surface area (Å²) in [4.78, 5) is 4.70. The van der Waals surface area contributed by atoms with Crippen molar-refractivity contribution in [1.29, 1.82) is 0 Å². The molecule has 0 aliphatic carbocycles. The molecule has 0 aliphatic rings. The SMILES string of the molecule is Cc1nnc2c3ccccc3c(OCc3cccc(CNCCc4ccc(F)cc4)n3)nn12. The number of aryl methyl sites for hydroxylation is 1. The lowest BCUT2D eigenvalue weighted by Gasteiger charge is -2.10. The van der Waals surface area contributed by atoms with Crippen molar-refractivity contribution < 1.29 is 9.13 Å². The minimum absolute atomic E-state index is 0.213. The van der Waals surface area contributed by atoms with E-state index in [4.69, 9.17) is 9.72 Å². The summed E-state index contributed by atoms with van der Waals surface area (Å²) < 4.78 is 20.8. The van der Waals surface area contributed by atoms with Crippen LogP contribution >= 0.6 is 0 Å². The number of aromatic nitrogens is 5. The Hall–Kier alpha value is -3.91. The van der Waals surface area contributed by atoms with E-state index in [0.717, 1.165) is 40.7 Å². The van der Waals surface area contributed by atoms with Crippen LogP contribution in [0.1, 0.15) is 22.8 Å². The second-order valence-electron chi connectivity index (χ2n) is 7.80. The summed E-state index contributed by atoms with van der Waals surface area (Å²) >= 11 is 0. The normalized spacial score (nSPS) is 11.3. The minimum atomic E-state index is -0.213. The first-order valence-electron chi connectivity index (χ1n) is 10.8. The Labute approximate surface area is 190 Å². The molecule has 0 unspecified atom stereocenters. The van der Waals surface area contributed by atoms with Gasteiger partial charge < -0.3 is 10.1 Å². The van der Waals surface area contributed by atoms with E-state index < -0.39 is 0 Å². The van der Waals surface area contributed by atoms with Crippen LogP contribution in [-0.2, 0) is 19.6 Å². The molecule has 0 radical (unpaired) electrons. The minimum Gasteiger partial charge on any atom is -0.470 e. The molecule has 0 amide bonds. The number of nitrogens with zero attached hydrogens (tertiary/aromatic N) is 5. The molecule has 3 aromatic heterocycles. The highest BCUT2D eigenvalue weighted by Crippen LogP contribution is 2.26. The molecule has 0 spiro atoms. The van der Waals surface area contributed by atoms with Gasteiger partial charge in [-0.05, 0) is 55.8 Å². The summed E-state index contributed by atoms with van der Waals surface area (Å²) in [5.41, 5.74) is 3.55. The first kappa shape index (κ1) is 21.0. The molecule has 1 N–H and O–H groups in total. The van der Waals surface area contributed by atoms with Crippen LogP contribution in [0.4, 0.5) is 4.39 Å². The van der Waals surface area contributed by atoms with Crippen molar-refractivity contribution in [2.24, 2.45) is 0 Å². The van der Waals surface area contributed by atoms with Crippen molar-refractivity contribution in [3.05, 3.63) is 95.3 Å². The Bertz CT molecular complexity index is 1400. The number of hydrogen-bond donors (Lipinski definition) is 1. The van der Waals surface area contributed by atoms with Gasteiger partial charge in [0.05, 0.1) is 11.4 Å². The van der Waals surface area contributed by atoms with Gasteiger partial charge in [0.15, 0.2) is 11.5 Å². The highest BCUT2D eigenvalue weighted by Gasteiger charge is 2.13. The number of halogens is 1. The molecule has 0 saturated heterocycles. The predicted octanol–water partition coefficient (Wildman–Crippen LogP) is 4.03. The molecule has 0 aliphatic heterocycles. The van der Waals surface area contributed by atoms with Crippen LogP contribution in [0.15, 0.2) is 66.7 Å². The molecular formula is C25H23FN6O. The molecule has 0 saturated carbocycles. The topological polar surface area (TPSA) is 77.2 Å². The Morgan fingerprint density at radius 2 is 1.70 bits per heavy atom. The van der Waals surface area contributed by atoms with E-state index >= 15 is 0 Å². The monoisotopic (exact) mass is 442 g/mol. The second kappa shape index (κ2) is 9.30. The fraction of sp³-hybridized carbons (Fsp3) is 0.200. The zero-order valence-electron chi connectivity index (χ0n) is 18.2. The molecule has 5 aromatic rings. The first-order valence-corrected chi connectivity index (χ1v) is 10.8. The maximum Gasteiger partial charge on any atom is 0.240 e. The smallest absolute Gasteiger partial charge is 0.240 e. The van der Waals surface area contributed by atoms with E-state index in [9.17, 15) is 4.39 Å². The van der Waals surface area contributed by atoms with Crippen molar-refractivity contribution in [3.63, 3.8) is 0 Å². The van der Waals surface area contributed by atoms with Crippen LogP contribution in [-0.4, -0.2) is 31.3 Å². The largest absolute Gasteiger partial charge is 0.470 e. The number of benzene rings is 2. The lowest BCUT2D eigenvalue weighted by Crippen LogP contribution is -2.18.